The molecule has 1 fully saturated rings. The quantitative estimate of drug-likeness (QED) is 0.473. The molecule has 64 valence electrons. The van der Waals surface area contributed by atoms with Gasteiger partial charge in [0.25, 0.3) is 0 Å². The summed E-state index contributed by atoms with van der Waals surface area (Å²) in [6.07, 6.45) is 1.81. The average molecular weight is 167 g/mol. The Kier molecular flexibility index (Phi) is 1.10. The van der Waals surface area contributed by atoms with E-state index in [1.54, 1.807) is 0 Å². The molecule has 3 aliphatic heterocycles. The highest BCUT2D eigenvalue weighted by Crippen LogP contribution is 2.23. The molecule has 3 heterocycles. The number of piperazine rings is 1. The highest BCUT2D eigenvalue weighted by Gasteiger charge is 2.34. The zero-order valence-electron chi connectivity index (χ0n) is 6.45. The SMILES string of the molecule is C1=C2N(N=C3CNCCN23)ON1. The molecule has 12 heavy (non-hydrogen) atoms. The van der Waals surface area contributed by atoms with Crippen LogP contribution in [0, 0.1) is 0 Å². The van der Waals surface area contributed by atoms with E-state index in [9.17, 15) is 0 Å². The van der Waals surface area contributed by atoms with Crippen LogP contribution in [0.1, 0.15) is 0 Å². The molecule has 0 bridgehead atoms. The summed E-state index contributed by atoms with van der Waals surface area (Å²) in [6, 6.07) is 0. The monoisotopic (exact) mass is 167 g/mol. The minimum Gasteiger partial charge on any atom is -0.308 e. The van der Waals surface area contributed by atoms with Crippen molar-refractivity contribution < 1.29 is 4.94 Å². The number of nitrogens with zero attached hydrogens (tertiary/aromatic N) is 3. The summed E-state index contributed by atoms with van der Waals surface area (Å²) in [5, 5.41) is 8.98. The molecule has 6 heteroatoms. The minimum absolute atomic E-state index is 0.817. The van der Waals surface area contributed by atoms with Gasteiger partial charge in [-0.2, -0.15) is 0 Å². The molecule has 0 aromatic carbocycles. The predicted octanol–water partition coefficient (Wildman–Crippen LogP) is -1.23. The van der Waals surface area contributed by atoms with Crippen LogP contribution in [0.3, 0.4) is 0 Å². The largest absolute Gasteiger partial charge is 0.308 e. The van der Waals surface area contributed by atoms with Gasteiger partial charge in [0.05, 0.1) is 12.7 Å². The van der Waals surface area contributed by atoms with Crippen LogP contribution >= 0.6 is 0 Å². The standard InChI is InChI=1S/C6H9N5O/c1-2-10-5(3-7-1)9-11-6(10)4-8-12-11/h4,7-8H,1-3H2. The van der Waals surface area contributed by atoms with E-state index in [4.69, 9.17) is 4.94 Å². The van der Waals surface area contributed by atoms with E-state index in [0.717, 1.165) is 31.3 Å². The summed E-state index contributed by atoms with van der Waals surface area (Å²) in [6.45, 7) is 2.76. The second-order valence-corrected chi connectivity index (χ2v) is 2.83. The van der Waals surface area contributed by atoms with E-state index < -0.39 is 0 Å². The second kappa shape index (κ2) is 2.11. The number of rotatable bonds is 0. The molecule has 0 amide bonds. The van der Waals surface area contributed by atoms with Crippen LogP contribution < -0.4 is 10.8 Å². The summed E-state index contributed by atoms with van der Waals surface area (Å²) in [4.78, 5) is 7.14. The number of fused-ring (bicyclic) bond motifs is 3. The smallest absolute Gasteiger partial charge is 0.182 e. The third kappa shape index (κ3) is 0.678. The first-order valence-electron chi connectivity index (χ1n) is 3.94. The first kappa shape index (κ1) is 6.27. The van der Waals surface area contributed by atoms with E-state index in [-0.39, 0.29) is 0 Å². The van der Waals surface area contributed by atoms with E-state index in [1.165, 1.54) is 5.17 Å². The Morgan fingerprint density at radius 3 is 3.58 bits per heavy atom. The van der Waals surface area contributed by atoms with E-state index >= 15 is 0 Å². The molecule has 0 aromatic rings. The topological polar surface area (TPSA) is 52.1 Å². The van der Waals surface area contributed by atoms with Gasteiger partial charge in [-0.25, -0.2) is 5.48 Å². The first-order chi connectivity index (χ1) is 5.95. The summed E-state index contributed by atoms with van der Waals surface area (Å²) in [5.74, 6) is 2.00. The number of hydrogen-bond acceptors (Lipinski definition) is 6. The first-order valence-corrected chi connectivity index (χ1v) is 3.94. The van der Waals surface area contributed by atoms with Gasteiger partial charge in [-0.15, -0.1) is 10.0 Å². The number of hydrazone groups is 1. The molecule has 0 unspecified atom stereocenters. The Labute approximate surface area is 69.4 Å². The zero-order chi connectivity index (χ0) is 7.97. The fraction of sp³-hybridized carbons (Fsp3) is 0.500. The number of hydrogen-bond donors (Lipinski definition) is 2. The maximum absolute atomic E-state index is 5.00. The van der Waals surface area contributed by atoms with Crippen LogP contribution in [0.2, 0.25) is 0 Å². The molecule has 6 nitrogen and oxygen atoms in total. The number of amidine groups is 1. The Bertz CT molecular complexity index is 273. The van der Waals surface area contributed by atoms with Crippen molar-refractivity contribution in [3.05, 3.63) is 12.0 Å². The Balaban J connectivity index is 1.95. The molecule has 0 spiro atoms. The van der Waals surface area contributed by atoms with Crippen molar-refractivity contribution in [3.63, 3.8) is 0 Å². The molecular formula is C6H9N5O. The Morgan fingerprint density at radius 2 is 2.58 bits per heavy atom. The van der Waals surface area contributed by atoms with Gasteiger partial charge in [-0.05, 0) is 0 Å². The normalized spacial score (nSPS) is 26.0. The van der Waals surface area contributed by atoms with Gasteiger partial charge in [-0.1, -0.05) is 5.17 Å². The van der Waals surface area contributed by atoms with E-state index in [1.807, 2.05) is 6.20 Å². The van der Waals surface area contributed by atoms with Gasteiger partial charge in [0.2, 0.25) is 0 Å². The molecule has 3 aliphatic rings. The number of hydroxylamine groups is 2. The van der Waals surface area contributed by atoms with Gasteiger partial charge in [-0.3, -0.25) is 0 Å². The lowest BCUT2D eigenvalue weighted by Gasteiger charge is -2.24. The van der Waals surface area contributed by atoms with Crippen LogP contribution in [0.15, 0.2) is 17.1 Å². The summed E-state index contributed by atoms with van der Waals surface area (Å²) in [7, 11) is 0. The predicted molar refractivity (Wildman–Crippen MR) is 41.2 cm³/mol. The van der Waals surface area contributed by atoms with Crippen LogP contribution in [-0.4, -0.2) is 35.5 Å². The molecule has 0 atom stereocenters. The van der Waals surface area contributed by atoms with Gasteiger partial charge in [0, 0.05) is 13.1 Å². The second-order valence-electron chi connectivity index (χ2n) is 2.83. The van der Waals surface area contributed by atoms with Crippen molar-refractivity contribution in [2.75, 3.05) is 19.6 Å². The van der Waals surface area contributed by atoms with Crippen molar-refractivity contribution in [3.8, 4) is 0 Å². The van der Waals surface area contributed by atoms with Crippen LogP contribution in [0.5, 0.6) is 0 Å². The molecule has 3 rings (SSSR count). The van der Waals surface area contributed by atoms with Crippen molar-refractivity contribution in [1.29, 1.82) is 0 Å². The third-order valence-corrected chi connectivity index (χ3v) is 2.11. The van der Waals surface area contributed by atoms with Gasteiger partial charge < -0.3 is 10.2 Å². The minimum atomic E-state index is 0.817. The summed E-state index contributed by atoms with van der Waals surface area (Å²) >= 11 is 0. The zero-order valence-corrected chi connectivity index (χ0v) is 6.45. The lowest BCUT2D eigenvalue weighted by Crippen LogP contribution is -2.45. The van der Waals surface area contributed by atoms with E-state index in [2.05, 4.69) is 20.8 Å². The van der Waals surface area contributed by atoms with E-state index in [0.29, 0.717) is 0 Å². The maximum atomic E-state index is 5.00. The highest BCUT2D eigenvalue weighted by atomic mass is 16.8. The molecule has 0 radical (unpaired) electrons. The fourth-order valence-corrected chi connectivity index (χ4v) is 1.54. The van der Waals surface area contributed by atoms with Crippen molar-refractivity contribution in [2.45, 2.75) is 0 Å². The van der Waals surface area contributed by atoms with Crippen molar-refractivity contribution in [2.24, 2.45) is 5.10 Å². The lowest BCUT2D eigenvalue weighted by atomic mass is 10.3. The highest BCUT2D eigenvalue weighted by molar-refractivity contribution is 5.87. The molecule has 0 aliphatic carbocycles. The van der Waals surface area contributed by atoms with Gasteiger partial charge >= 0.3 is 0 Å². The van der Waals surface area contributed by atoms with Gasteiger partial charge in [0.15, 0.2) is 5.82 Å². The molecule has 1 saturated heterocycles. The van der Waals surface area contributed by atoms with Crippen LogP contribution in [0.4, 0.5) is 0 Å². The lowest BCUT2D eigenvalue weighted by molar-refractivity contribution is -0.151. The Hall–Kier alpha value is -1.27. The Morgan fingerprint density at radius 1 is 1.58 bits per heavy atom. The third-order valence-electron chi connectivity index (χ3n) is 2.11. The van der Waals surface area contributed by atoms with Gasteiger partial charge in [0.1, 0.15) is 5.84 Å². The average Bonchev–Trinajstić information content (AvgIpc) is 2.62. The van der Waals surface area contributed by atoms with Crippen LogP contribution in [-0.2, 0) is 4.94 Å². The van der Waals surface area contributed by atoms with Crippen molar-refractivity contribution in [1.82, 2.24) is 20.9 Å². The fourth-order valence-electron chi connectivity index (χ4n) is 1.54. The molecule has 0 saturated carbocycles. The van der Waals surface area contributed by atoms with Crippen LogP contribution in [0.25, 0.3) is 0 Å². The summed E-state index contributed by atoms with van der Waals surface area (Å²) in [5.41, 5.74) is 2.65. The summed E-state index contributed by atoms with van der Waals surface area (Å²) < 4.78 is 0. The molecule has 2 N–H and O–H groups in total. The molecule has 0 aromatic heterocycles. The van der Waals surface area contributed by atoms with Crippen molar-refractivity contribution >= 4 is 5.84 Å². The maximum Gasteiger partial charge on any atom is 0.182 e. The number of nitrogens with one attached hydrogen (secondary N) is 2. The molecular weight excluding hydrogens is 158 g/mol.